The number of carbonyl (C=O) groups is 2. The second-order valence-electron chi connectivity index (χ2n) is 4.93. The number of amides is 1. The summed E-state index contributed by atoms with van der Waals surface area (Å²) in [5, 5.41) is 3.68. The van der Waals surface area contributed by atoms with Gasteiger partial charge in [-0.05, 0) is 31.3 Å². The third kappa shape index (κ3) is 3.63. The van der Waals surface area contributed by atoms with E-state index in [4.69, 9.17) is 10.5 Å². The molecule has 116 valence electrons. The molecule has 2 rings (SSSR count). The number of nitrogen functional groups attached to an aromatic ring is 1. The molecule has 8 heteroatoms. The maximum Gasteiger partial charge on any atom is 0.345 e. The smallest absolute Gasteiger partial charge is 0.345 e. The van der Waals surface area contributed by atoms with Crippen LogP contribution >= 0.6 is 11.5 Å². The van der Waals surface area contributed by atoms with Crippen LogP contribution in [0, 0.1) is 0 Å². The molecule has 7 nitrogen and oxygen atoms in total. The minimum Gasteiger partial charge on any atom is -0.462 e. The molecule has 1 aliphatic rings. The van der Waals surface area contributed by atoms with Gasteiger partial charge in [0.25, 0.3) is 0 Å². The minimum absolute atomic E-state index is 0.0114. The molecule has 1 aliphatic heterocycles. The molecule has 1 aromatic rings. The number of carbonyl (C=O) groups excluding carboxylic acids is 2. The number of hydrogen-bond donors (Lipinski definition) is 2. The van der Waals surface area contributed by atoms with Gasteiger partial charge in [-0.1, -0.05) is 0 Å². The average Bonchev–Trinajstić information content (AvgIpc) is 2.81. The third-order valence-corrected chi connectivity index (χ3v) is 4.29. The van der Waals surface area contributed by atoms with Crippen LogP contribution in [0.1, 0.15) is 37.0 Å². The Morgan fingerprint density at radius 3 is 2.71 bits per heavy atom. The molecule has 0 atom stereocenters. The van der Waals surface area contributed by atoms with E-state index in [0.29, 0.717) is 12.2 Å². The molecule has 0 unspecified atom stereocenters. The van der Waals surface area contributed by atoms with Crippen LogP contribution in [0.4, 0.5) is 10.8 Å². The normalized spacial score (nSPS) is 15.8. The maximum absolute atomic E-state index is 12.0. The number of ether oxygens (including phenoxy) is 1. The molecule has 1 saturated heterocycles. The molecule has 1 fully saturated rings. The van der Waals surface area contributed by atoms with Gasteiger partial charge in [0.15, 0.2) is 5.82 Å². The van der Waals surface area contributed by atoms with E-state index in [2.05, 4.69) is 14.6 Å². The van der Waals surface area contributed by atoms with Crippen molar-refractivity contribution >= 4 is 34.2 Å². The Kier molecular flexibility index (Phi) is 5.00. The second-order valence-corrected chi connectivity index (χ2v) is 5.68. The molecule has 3 N–H and O–H groups in total. The number of esters is 1. The number of hydrogen-bond acceptors (Lipinski definition) is 7. The van der Waals surface area contributed by atoms with E-state index in [1.165, 1.54) is 18.5 Å². The van der Waals surface area contributed by atoms with Gasteiger partial charge in [-0.3, -0.25) is 4.79 Å². The van der Waals surface area contributed by atoms with Crippen molar-refractivity contribution in [2.75, 3.05) is 30.3 Å². The van der Waals surface area contributed by atoms with Gasteiger partial charge in [0, 0.05) is 26.1 Å². The number of piperidine rings is 1. The van der Waals surface area contributed by atoms with Gasteiger partial charge in [0.2, 0.25) is 5.91 Å². The van der Waals surface area contributed by atoms with Crippen molar-refractivity contribution in [3.8, 4) is 0 Å². The number of aromatic nitrogens is 1. The Hall–Kier alpha value is -1.83. The van der Waals surface area contributed by atoms with Crippen LogP contribution < -0.4 is 16.0 Å². The topological polar surface area (TPSA) is 97.6 Å². The first-order valence-electron chi connectivity index (χ1n) is 6.97. The molecule has 0 spiro atoms. The van der Waals surface area contributed by atoms with Crippen molar-refractivity contribution in [2.45, 2.75) is 32.7 Å². The van der Waals surface area contributed by atoms with Crippen LogP contribution in [0.25, 0.3) is 0 Å². The first kappa shape index (κ1) is 15.6. The summed E-state index contributed by atoms with van der Waals surface area (Å²) >= 11 is 1.21. The van der Waals surface area contributed by atoms with Crippen molar-refractivity contribution in [3.63, 3.8) is 0 Å². The zero-order valence-electron chi connectivity index (χ0n) is 12.2. The quantitative estimate of drug-likeness (QED) is 0.805. The Labute approximate surface area is 127 Å². The van der Waals surface area contributed by atoms with Gasteiger partial charge in [-0.25, -0.2) is 4.79 Å². The van der Waals surface area contributed by atoms with E-state index in [1.54, 1.807) is 6.92 Å². The highest BCUT2D eigenvalue weighted by molar-refractivity contribution is 7.11. The zero-order valence-corrected chi connectivity index (χ0v) is 13.0. The highest BCUT2D eigenvalue weighted by Crippen LogP contribution is 2.33. The summed E-state index contributed by atoms with van der Waals surface area (Å²) in [6.07, 6.45) is 1.67. The predicted molar refractivity (Wildman–Crippen MR) is 81.5 cm³/mol. The Bertz CT molecular complexity index is 523. The predicted octanol–water partition coefficient (Wildman–Crippen LogP) is 1.01. The van der Waals surface area contributed by atoms with Gasteiger partial charge in [-0.15, -0.1) is 0 Å². The minimum atomic E-state index is -0.428. The van der Waals surface area contributed by atoms with Crippen LogP contribution in [-0.4, -0.2) is 42.0 Å². The standard InChI is InChI=1S/C13H20N4O3S/c1-3-20-13(19)10-11(14)16-21-12(10)17-6-4-9(5-7-17)15-8(2)18/h9H,3-7H2,1-2H3,(H2,14,16)(H,15,18). The van der Waals surface area contributed by atoms with Crippen molar-refractivity contribution in [3.05, 3.63) is 5.56 Å². The van der Waals surface area contributed by atoms with Crippen molar-refractivity contribution in [1.29, 1.82) is 0 Å². The monoisotopic (exact) mass is 312 g/mol. The first-order valence-corrected chi connectivity index (χ1v) is 7.74. The second kappa shape index (κ2) is 6.75. The van der Waals surface area contributed by atoms with Gasteiger partial charge < -0.3 is 20.7 Å². The van der Waals surface area contributed by atoms with Gasteiger partial charge >= 0.3 is 5.97 Å². The fourth-order valence-electron chi connectivity index (χ4n) is 2.42. The maximum atomic E-state index is 12.0. The summed E-state index contributed by atoms with van der Waals surface area (Å²) < 4.78 is 9.11. The molecular formula is C13H20N4O3S. The third-order valence-electron chi connectivity index (χ3n) is 3.37. The largest absolute Gasteiger partial charge is 0.462 e. The summed E-state index contributed by atoms with van der Waals surface area (Å²) in [7, 11) is 0. The number of rotatable bonds is 4. The lowest BCUT2D eigenvalue weighted by atomic mass is 10.0. The molecule has 2 heterocycles. The van der Waals surface area contributed by atoms with E-state index in [1.807, 2.05) is 0 Å². The first-order chi connectivity index (χ1) is 10.0. The fourth-order valence-corrected chi connectivity index (χ4v) is 3.27. The van der Waals surface area contributed by atoms with Crippen molar-refractivity contribution in [1.82, 2.24) is 9.69 Å². The van der Waals surface area contributed by atoms with Crippen molar-refractivity contribution < 1.29 is 14.3 Å². The molecule has 0 bridgehead atoms. The van der Waals surface area contributed by atoms with Gasteiger partial charge in [-0.2, -0.15) is 4.37 Å². The molecule has 1 amide bonds. The number of nitrogens with one attached hydrogen (secondary N) is 1. The van der Waals surface area contributed by atoms with E-state index in [0.717, 1.165) is 30.9 Å². The van der Waals surface area contributed by atoms with Crippen LogP contribution in [0.2, 0.25) is 0 Å². The number of nitrogens with zero attached hydrogens (tertiary/aromatic N) is 2. The summed E-state index contributed by atoms with van der Waals surface area (Å²) in [6, 6.07) is 0.190. The van der Waals surface area contributed by atoms with Gasteiger partial charge in [0.1, 0.15) is 10.6 Å². The number of anilines is 2. The zero-order chi connectivity index (χ0) is 15.4. The molecule has 21 heavy (non-hydrogen) atoms. The summed E-state index contributed by atoms with van der Waals surface area (Å²) in [5.74, 6) is -0.220. The highest BCUT2D eigenvalue weighted by atomic mass is 32.1. The lowest BCUT2D eigenvalue weighted by Crippen LogP contribution is -2.44. The van der Waals surface area contributed by atoms with Gasteiger partial charge in [0.05, 0.1) is 6.61 Å². The van der Waals surface area contributed by atoms with E-state index in [-0.39, 0.29) is 17.8 Å². The van der Waals surface area contributed by atoms with E-state index < -0.39 is 5.97 Å². The molecule has 0 radical (unpaired) electrons. The fraction of sp³-hybridized carbons (Fsp3) is 0.615. The lowest BCUT2D eigenvalue weighted by molar-refractivity contribution is -0.119. The molecule has 0 aliphatic carbocycles. The van der Waals surface area contributed by atoms with E-state index >= 15 is 0 Å². The summed E-state index contributed by atoms with van der Waals surface area (Å²) in [6.45, 7) is 5.08. The van der Waals surface area contributed by atoms with Crippen LogP contribution in [-0.2, 0) is 9.53 Å². The molecule has 1 aromatic heterocycles. The lowest BCUT2D eigenvalue weighted by Gasteiger charge is -2.32. The number of nitrogens with two attached hydrogens (primary N) is 1. The van der Waals surface area contributed by atoms with Crippen LogP contribution in [0.5, 0.6) is 0 Å². The van der Waals surface area contributed by atoms with Crippen molar-refractivity contribution in [2.24, 2.45) is 0 Å². The molecular weight excluding hydrogens is 292 g/mol. The van der Waals surface area contributed by atoms with Crippen LogP contribution in [0.15, 0.2) is 0 Å². The summed E-state index contributed by atoms with van der Waals surface area (Å²) in [5.41, 5.74) is 6.15. The Morgan fingerprint density at radius 2 is 2.14 bits per heavy atom. The van der Waals surface area contributed by atoms with E-state index in [9.17, 15) is 9.59 Å². The molecule has 0 saturated carbocycles. The Balaban J connectivity index is 2.07. The average molecular weight is 312 g/mol. The SMILES string of the molecule is CCOC(=O)c1c(N)nsc1N1CCC(NC(C)=O)CC1. The Morgan fingerprint density at radius 1 is 1.48 bits per heavy atom. The summed E-state index contributed by atoms with van der Waals surface area (Å²) in [4.78, 5) is 25.1. The van der Waals surface area contributed by atoms with Crippen LogP contribution in [0.3, 0.4) is 0 Å². The molecule has 0 aromatic carbocycles. The highest BCUT2D eigenvalue weighted by Gasteiger charge is 2.27.